The SMILES string of the molecule is CC(=O)c1c(-c2cccc(C(=O)N3C[C@@H](C)O[C@@H](C)C3)c2)cnn1C. The zero-order valence-corrected chi connectivity index (χ0v) is 15.0. The Kier molecular flexibility index (Phi) is 4.72. The number of morpholine rings is 1. The summed E-state index contributed by atoms with van der Waals surface area (Å²) in [6.07, 6.45) is 1.72. The first-order valence-corrected chi connectivity index (χ1v) is 8.45. The predicted octanol–water partition coefficient (Wildman–Crippen LogP) is 2.54. The van der Waals surface area contributed by atoms with E-state index >= 15 is 0 Å². The van der Waals surface area contributed by atoms with Gasteiger partial charge in [0.05, 0.1) is 18.4 Å². The fraction of sp³-hybridized carbons (Fsp3) is 0.421. The molecule has 3 rings (SSSR count). The average molecular weight is 341 g/mol. The van der Waals surface area contributed by atoms with Crippen LogP contribution in [0.15, 0.2) is 30.5 Å². The first-order valence-electron chi connectivity index (χ1n) is 8.45. The van der Waals surface area contributed by atoms with E-state index < -0.39 is 0 Å². The van der Waals surface area contributed by atoms with Gasteiger partial charge in [0, 0.05) is 38.2 Å². The molecule has 2 atom stereocenters. The normalized spacial score (nSPS) is 20.6. The van der Waals surface area contributed by atoms with Crippen LogP contribution in [0.4, 0.5) is 0 Å². The highest BCUT2D eigenvalue weighted by atomic mass is 16.5. The van der Waals surface area contributed by atoms with E-state index in [1.807, 2.05) is 36.9 Å². The van der Waals surface area contributed by atoms with Gasteiger partial charge in [-0.05, 0) is 31.5 Å². The lowest BCUT2D eigenvalue weighted by molar-refractivity contribution is -0.0586. The molecule has 0 radical (unpaired) electrons. The molecule has 1 aliphatic rings. The molecule has 2 heterocycles. The summed E-state index contributed by atoms with van der Waals surface area (Å²) < 4.78 is 7.26. The van der Waals surface area contributed by atoms with Gasteiger partial charge in [0.2, 0.25) is 0 Å². The summed E-state index contributed by atoms with van der Waals surface area (Å²) in [5.41, 5.74) is 2.71. The van der Waals surface area contributed by atoms with Crippen LogP contribution >= 0.6 is 0 Å². The fourth-order valence-electron chi connectivity index (χ4n) is 3.41. The number of rotatable bonds is 3. The van der Waals surface area contributed by atoms with Crippen LogP contribution in [0, 0.1) is 0 Å². The number of ether oxygens (including phenoxy) is 1. The Bertz CT molecular complexity index is 802. The van der Waals surface area contributed by atoms with E-state index in [9.17, 15) is 9.59 Å². The van der Waals surface area contributed by atoms with Gasteiger partial charge in [0.25, 0.3) is 5.91 Å². The molecule has 0 saturated carbocycles. The minimum atomic E-state index is -0.0532. The number of carbonyl (C=O) groups is 2. The summed E-state index contributed by atoms with van der Waals surface area (Å²) in [6.45, 7) is 6.63. The van der Waals surface area contributed by atoms with Gasteiger partial charge in [0.1, 0.15) is 5.69 Å². The third-order valence-electron chi connectivity index (χ3n) is 4.40. The Morgan fingerprint density at radius 3 is 2.52 bits per heavy atom. The van der Waals surface area contributed by atoms with Crippen LogP contribution < -0.4 is 0 Å². The van der Waals surface area contributed by atoms with Crippen LogP contribution in [0.3, 0.4) is 0 Å². The number of nitrogens with zero attached hydrogens (tertiary/aromatic N) is 3. The number of Topliss-reactive ketones (excluding diaryl/α,β-unsaturated/α-hetero) is 1. The van der Waals surface area contributed by atoms with Crippen LogP contribution in [0.1, 0.15) is 41.6 Å². The molecule has 6 nitrogen and oxygen atoms in total. The van der Waals surface area contributed by atoms with Gasteiger partial charge >= 0.3 is 0 Å². The molecule has 0 bridgehead atoms. The zero-order valence-electron chi connectivity index (χ0n) is 15.0. The summed E-state index contributed by atoms with van der Waals surface area (Å²) in [5.74, 6) is -0.0697. The van der Waals surface area contributed by atoms with E-state index in [4.69, 9.17) is 4.74 Å². The third-order valence-corrected chi connectivity index (χ3v) is 4.40. The van der Waals surface area contributed by atoms with Crippen molar-refractivity contribution in [3.8, 4) is 11.1 Å². The summed E-state index contributed by atoms with van der Waals surface area (Å²) >= 11 is 0. The van der Waals surface area contributed by atoms with Crippen molar-refractivity contribution in [2.45, 2.75) is 33.0 Å². The van der Waals surface area contributed by atoms with Gasteiger partial charge in [-0.3, -0.25) is 14.3 Å². The number of ketones is 1. The van der Waals surface area contributed by atoms with Crippen LogP contribution in [-0.2, 0) is 11.8 Å². The molecule has 1 aromatic carbocycles. The Hall–Kier alpha value is -2.47. The van der Waals surface area contributed by atoms with Crippen molar-refractivity contribution >= 4 is 11.7 Å². The maximum absolute atomic E-state index is 12.9. The van der Waals surface area contributed by atoms with Crippen LogP contribution in [-0.4, -0.2) is 51.7 Å². The average Bonchev–Trinajstić information content (AvgIpc) is 2.95. The standard InChI is InChI=1S/C19H23N3O3/c1-12-10-22(11-13(2)25-12)19(24)16-7-5-6-15(8-16)17-9-20-21(4)18(17)14(3)23/h5-9,12-13H,10-11H2,1-4H3/t12-,13+. The quantitative estimate of drug-likeness (QED) is 0.805. The second kappa shape index (κ2) is 6.80. The highest BCUT2D eigenvalue weighted by Crippen LogP contribution is 2.25. The van der Waals surface area contributed by atoms with E-state index in [-0.39, 0.29) is 23.9 Å². The lowest BCUT2D eigenvalue weighted by Gasteiger charge is -2.35. The number of aromatic nitrogens is 2. The molecule has 0 spiro atoms. The molecule has 1 aliphatic heterocycles. The first-order chi connectivity index (χ1) is 11.9. The maximum atomic E-state index is 12.9. The highest BCUT2D eigenvalue weighted by molar-refractivity contribution is 6.00. The van der Waals surface area contributed by atoms with Gasteiger partial charge in [0.15, 0.2) is 5.78 Å². The number of hydrogen-bond acceptors (Lipinski definition) is 4. The van der Waals surface area contributed by atoms with Gasteiger partial charge in [-0.25, -0.2) is 0 Å². The largest absolute Gasteiger partial charge is 0.372 e. The molecule has 0 unspecified atom stereocenters. The van der Waals surface area contributed by atoms with E-state index in [2.05, 4.69) is 5.10 Å². The van der Waals surface area contributed by atoms with Crippen molar-refractivity contribution < 1.29 is 14.3 Å². The van der Waals surface area contributed by atoms with Crippen molar-refractivity contribution in [1.29, 1.82) is 0 Å². The summed E-state index contributed by atoms with van der Waals surface area (Å²) in [4.78, 5) is 26.6. The molecule has 1 saturated heterocycles. The molecular weight excluding hydrogens is 318 g/mol. The smallest absolute Gasteiger partial charge is 0.254 e. The number of carbonyl (C=O) groups excluding carboxylic acids is 2. The Morgan fingerprint density at radius 2 is 1.88 bits per heavy atom. The van der Waals surface area contributed by atoms with Crippen molar-refractivity contribution in [2.24, 2.45) is 7.05 Å². The van der Waals surface area contributed by atoms with E-state index in [1.165, 1.54) is 6.92 Å². The summed E-state index contributed by atoms with van der Waals surface area (Å²) in [7, 11) is 1.74. The molecule has 0 aliphatic carbocycles. The molecule has 1 amide bonds. The van der Waals surface area contributed by atoms with Gasteiger partial charge < -0.3 is 9.64 Å². The number of amides is 1. The molecule has 1 aromatic heterocycles. The fourth-order valence-corrected chi connectivity index (χ4v) is 3.41. The molecule has 25 heavy (non-hydrogen) atoms. The topological polar surface area (TPSA) is 64.4 Å². The minimum absolute atomic E-state index is 0.0166. The second-order valence-corrected chi connectivity index (χ2v) is 6.63. The Labute approximate surface area is 147 Å². The van der Waals surface area contributed by atoms with Crippen LogP contribution in [0.2, 0.25) is 0 Å². The number of benzene rings is 1. The summed E-state index contributed by atoms with van der Waals surface area (Å²) in [6, 6.07) is 7.37. The van der Waals surface area contributed by atoms with Crippen molar-refractivity contribution in [3.63, 3.8) is 0 Å². The molecule has 0 N–H and O–H groups in total. The monoisotopic (exact) mass is 341 g/mol. The van der Waals surface area contributed by atoms with Crippen LogP contribution in [0.25, 0.3) is 11.1 Å². The van der Waals surface area contributed by atoms with Crippen molar-refractivity contribution in [3.05, 3.63) is 41.7 Å². The minimum Gasteiger partial charge on any atom is -0.372 e. The zero-order chi connectivity index (χ0) is 18.1. The van der Waals surface area contributed by atoms with E-state index in [0.717, 1.165) is 11.1 Å². The molecule has 1 fully saturated rings. The lowest BCUT2D eigenvalue weighted by atomic mass is 10.0. The molecular formula is C19H23N3O3. The number of hydrogen-bond donors (Lipinski definition) is 0. The Morgan fingerprint density at radius 1 is 1.20 bits per heavy atom. The molecule has 132 valence electrons. The van der Waals surface area contributed by atoms with Crippen molar-refractivity contribution in [2.75, 3.05) is 13.1 Å². The first kappa shape index (κ1) is 17.4. The predicted molar refractivity (Wildman–Crippen MR) is 94.6 cm³/mol. The lowest BCUT2D eigenvalue weighted by Crippen LogP contribution is -2.48. The maximum Gasteiger partial charge on any atom is 0.254 e. The van der Waals surface area contributed by atoms with E-state index in [1.54, 1.807) is 24.0 Å². The number of aryl methyl sites for hydroxylation is 1. The van der Waals surface area contributed by atoms with E-state index in [0.29, 0.717) is 24.3 Å². The summed E-state index contributed by atoms with van der Waals surface area (Å²) in [5, 5.41) is 4.18. The Balaban J connectivity index is 1.92. The van der Waals surface area contributed by atoms with Crippen molar-refractivity contribution in [1.82, 2.24) is 14.7 Å². The van der Waals surface area contributed by atoms with Gasteiger partial charge in [-0.15, -0.1) is 0 Å². The van der Waals surface area contributed by atoms with Gasteiger partial charge in [-0.2, -0.15) is 5.10 Å². The molecule has 2 aromatic rings. The van der Waals surface area contributed by atoms with Crippen LogP contribution in [0.5, 0.6) is 0 Å². The third kappa shape index (κ3) is 3.49. The highest BCUT2D eigenvalue weighted by Gasteiger charge is 2.27. The molecule has 6 heteroatoms. The van der Waals surface area contributed by atoms with Gasteiger partial charge in [-0.1, -0.05) is 12.1 Å². The second-order valence-electron chi connectivity index (χ2n) is 6.63.